The number of ether oxygens (including phenoxy) is 2. The average molecular weight is 421 g/mol. The summed E-state index contributed by atoms with van der Waals surface area (Å²) in [5.41, 5.74) is 1.95. The first kappa shape index (κ1) is 21.7. The van der Waals surface area contributed by atoms with Crippen molar-refractivity contribution in [1.29, 1.82) is 0 Å². The molecule has 158 valence electrons. The Morgan fingerprint density at radius 2 is 1.86 bits per heavy atom. The molecule has 7 nitrogen and oxygen atoms in total. The molecule has 3 rings (SSSR count). The van der Waals surface area contributed by atoms with E-state index in [1.807, 2.05) is 54.6 Å². The molecule has 2 aromatic rings. The van der Waals surface area contributed by atoms with Crippen LogP contribution in [0, 0.1) is 0 Å². The summed E-state index contributed by atoms with van der Waals surface area (Å²) in [5, 5.41) is 0.921. The van der Waals surface area contributed by atoms with Gasteiger partial charge in [0.15, 0.2) is 0 Å². The van der Waals surface area contributed by atoms with E-state index in [1.54, 1.807) is 19.2 Å². The first-order chi connectivity index (χ1) is 14.0. The van der Waals surface area contributed by atoms with Crippen molar-refractivity contribution >= 4 is 10.0 Å². The third kappa shape index (κ3) is 5.77. The van der Waals surface area contributed by atoms with E-state index in [0.29, 0.717) is 26.2 Å². The van der Waals surface area contributed by atoms with E-state index in [1.165, 1.54) is 0 Å². The maximum absolute atomic E-state index is 12.8. The highest BCUT2D eigenvalue weighted by Crippen LogP contribution is 2.34. The number of nitrogens with zero attached hydrogens (tertiary/aromatic N) is 1. The van der Waals surface area contributed by atoms with Gasteiger partial charge in [-0.05, 0) is 29.7 Å². The number of benzene rings is 2. The SMILES string of the molecule is COCCCNS(=O)(=O)[C@@H]1CON(C)[C@@H]1c1ccc(OCc2ccccc2)cc1. The number of rotatable bonds is 10. The molecule has 0 radical (unpaired) electrons. The Bertz CT molecular complexity index is 858. The molecule has 1 aliphatic heterocycles. The number of hydrogen-bond donors (Lipinski definition) is 1. The van der Waals surface area contributed by atoms with Crippen molar-refractivity contribution in [2.75, 3.05) is 33.9 Å². The number of hydroxylamine groups is 2. The van der Waals surface area contributed by atoms with Crippen molar-refractivity contribution in [3.8, 4) is 5.75 Å². The van der Waals surface area contributed by atoms with Gasteiger partial charge in [-0.2, -0.15) is 5.06 Å². The minimum absolute atomic E-state index is 0.118. The minimum atomic E-state index is -3.53. The molecule has 1 fully saturated rings. The van der Waals surface area contributed by atoms with Gasteiger partial charge in [-0.1, -0.05) is 42.5 Å². The predicted octanol–water partition coefficient (Wildman–Crippen LogP) is 2.51. The highest BCUT2D eigenvalue weighted by atomic mass is 32.2. The first-order valence-electron chi connectivity index (χ1n) is 9.61. The molecule has 8 heteroatoms. The van der Waals surface area contributed by atoms with Gasteiger partial charge in [-0.15, -0.1) is 0 Å². The Morgan fingerprint density at radius 1 is 1.14 bits per heavy atom. The number of methoxy groups -OCH3 is 1. The Balaban J connectivity index is 1.65. The van der Waals surface area contributed by atoms with Gasteiger partial charge in [0.25, 0.3) is 0 Å². The molecule has 2 atom stereocenters. The Kier molecular flexibility index (Phi) is 7.63. The van der Waals surface area contributed by atoms with Gasteiger partial charge in [0.1, 0.15) is 17.6 Å². The van der Waals surface area contributed by atoms with Gasteiger partial charge in [0, 0.05) is 27.3 Å². The lowest BCUT2D eigenvalue weighted by molar-refractivity contribution is -0.110. The Labute approximate surface area is 172 Å². The summed E-state index contributed by atoms with van der Waals surface area (Å²) in [6.07, 6.45) is 0.622. The third-order valence-corrected chi connectivity index (χ3v) is 6.68. The molecule has 2 aromatic carbocycles. The fourth-order valence-electron chi connectivity index (χ4n) is 3.32. The van der Waals surface area contributed by atoms with E-state index in [0.717, 1.165) is 16.9 Å². The van der Waals surface area contributed by atoms with Crippen LogP contribution in [0.1, 0.15) is 23.6 Å². The summed E-state index contributed by atoms with van der Waals surface area (Å²) in [7, 11) is -0.181. The predicted molar refractivity (Wildman–Crippen MR) is 111 cm³/mol. The van der Waals surface area contributed by atoms with Crippen LogP contribution in [0.15, 0.2) is 54.6 Å². The van der Waals surface area contributed by atoms with Crippen LogP contribution in [-0.4, -0.2) is 52.6 Å². The lowest BCUT2D eigenvalue weighted by Crippen LogP contribution is -2.39. The van der Waals surface area contributed by atoms with Crippen molar-refractivity contribution in [2.24, 2.45) is 0 Å². The van der Waals surface area contributed by atoms with Crippen LogP contribution in [0.5, 0.6) is 5.75 Å². The monoisotopic (exact) mass is 420 g/mol. The van der Waals surface area contributed by atoms with Crippen molar-refractivity contribution < 1.29 is 22.7 Å². The molecule has 0 saturated carbocycles. The molecule has 0 amide bonds. The second-order valence-corrected chi connectivity index (χ2v) is 8.94. The van der Waals surface area contributed by atoms with Gasteiger partial charge in [0.05, 0.1) is 12.6 Å². The van der Waals surface area contributed by atoms with Crippen molar-refractivity contribution in [1.82, 2.24) is 9.79 Å². The lowest BCUT2D eigenvalue weighted by atomic mass is 10.0. The van der Waals surface area contributed by atoms with Gasteiger partial charge >= 0.3 is 0 Å². The molecule has 1 saturated heterocycles. The Morgan fingerprint density at radius 3 is 2.55 bits per heavy atom. The van der Waals surface area contributed by atoms with Crippen LogP contribution in [0.25, 0.3) is 0 Å². The Hall–Kier alpha value is -1.97. The molecular weight excluding hydrogens is 392 g/mol. The average Bonchev–Trinajstić information content (AvgIpc) is 3.13. The van der Waals surface area contributed by atoms with Crippen LogP contribution in [-0.2, 0) is 26.2 Å². The van der Waals surface area contributed by atoms with Crippen molar-refractivity contribution in [3.05, 3.63) is 65.7 Å². The highest BCUT2D eigenvalue weighted by molar-refractivity contribution is 7.90. The van der Waals surface area contributed by atoms with E-state index in [4.69, 9.17) is 14.3 Å². The van der Waals surface area contributed by atoms with Crippen LogP contribution in [0.2, 0.25) is 0 Å². The fraction of sp³-hybridized carbons (Fsp3) is 0.429. The molecule has 0 spiro atoms. The zero-order chi connectivity index (χ0) is 20.7. The van der Waals surface area contributed by atoms with Crippen molar-refractivity contribution in [2.45, 2.75) is 24.3 Å². The van der Waals surface area contributed by atoms with Crippen LogP contribution in [0.4, 0.5) is 0 Å². The van der Waals surface area contributed by atoms with Crippen LogP contribution >= 0.6 is 0 Å². The van der Waals surface area contributed by atoms with Crippen molar-refractivity contribution in [3.63, 3.8) is 0 Å². The summed E-state index contributed by atoms with van der Waals surface area (Å²) >= 11 is 0. The molecule has 29 heavy (non-hydrogen) atoms. The highest BCUT2D eigenvalue weighted by Gasteiger charge is 2.42. The molecular formula is C21H28N2O5S. The standard InChI is InChI=1S/C21H28N2O5S/c1-23-21(20(16-28-23)29(24,25)22-13-6-14-26-2)18-9-11-19(12-10-18)27-15-17-7-4-3-5-8-17/h3-5,7-12,20-22H,6,13-16H2,1-2H3/t20-,21-/m1/s1. The second-order valence-electron chi connectivity index (χ2n) is 6.95. The number of hydrogen-bond acceptors (Lipinski definition) is 6. The molecule has 1 heterocycles. The number of nitrogens with one attached hydrogen (secondary N) is 1. The fourth-order valence-corrected chi connectivity index (χ4v) is 4.87. The summed E-state index contributed by atoms with van der Waals surface area (Å²) in [4.78, 5) is 5.54. The molecule has 1 N–H and O–H groups in total. The maximum Gasteiger partial charge on any atom is 0.218 e. The van der Waals surface area contributed by atoms with E-state index in [-0.39, 0.29) is 6.61 Å². The van der Waals surface area contributed by atoms with E-state index < -0.39 is 21.3 Å². The zero-order valence-corrected chi connectivity index (χ0v) is 17.6. The second kappa shape index (κ2) is 10.2. The largest absolute Gasteiger partial charge is 0.489 e. The molecule has 0 unspecified atom stereocenters. The van der Waals surface area contributed by atoms with E-state index in [9.17, 15) is 8.42 Å². The summed E-state index contributed by atoms with van der Waals surface area (Å²) < 4.78 is 39.0. The normalized spacial score (nSPS) is 20.1. The van der Waals surface area contributed by atoms with Gasteiger partial charge in [-0.3, -0.25) is 4.84 Å². The summed E-state index contributed by atoms with van der Waals surface area (Å²) in [6.45, 7) is 1.45. The molecule has 0 bridgehead atoms. The summed E-state index contributed by atoms with van der Waals surface area (Å²) in [6, 6.07) is 17.0. The summed E-state index contributed by atoms with van der Waals surface area (Å²) in [5.74, 6) is 0.733. The van der Waals surface area contributed by atoms with Gasteiger partial charge < -0.3 is 9.47 Å². The number of sulfonamides is 1. The molecule has 1 aliphatic rings. The first-order valence-corrected chi connectivity index (χ1v) is 11.2. The molecule has 0 aromatic heterocycles. The quantitative estimate of drug-likeness (QED) is 0.595. The van der Waals surface area contributed by atoms with Gasteiger partial charge in [0.2, 0.25) is 10.0 Å². The maximum atomic E-state index is 12.8. The minimum Gasteiger partial charge on any atom is -0.489 e. The third-order valence-electron chi connectivity index (χ3n) is 4.88. The molecule has 0 aliphatic carbocycles. The van der Waals surface area contributed by atoms with E-state index >= 15 is 0 Å². The lowest BCUT2D eigenvalue weighted by Gasteiger charge is -2.23. The van der Waals surface area contributed by atoms with Gasteiger partial charge in [-0.25, -0.2) is 13.1 Å². The topological polar surface area (TPSA) is 77.1 Å². The smallest absolute Gasteiger partial charge is 0.218 e. The zero-order valence-electron chi connectivity index (χ0n) is 16.8. The van der Waals surface area contributed by atoms with Crippen LogP contribution < -0.4 is 9.46 Å². The van der Waals surface area contributed by atoms with Crippen LogP contribution in [0.3, 0.4) is 0 Å². The van der Waals surface area contributed by atoms with E-state index in [2.05, 4.69) is 4.72 Å².